The molecule has 0 bridgehead atoms. The minimum atomic E-state index is -0.492. The smallest absolute Gasteiger partial charge is 0.323 e. The summed E-state index contributed by atoms with van der Waals surface area (Å²) >= 11 is 0. The van der Waals surface area contributed by atoms with E-state index < -0.39 is 12.1 Å². The lowest BCUT2D eigenvalue weighted by Gasteiger charge is -2.36. The Balaban J connectivity index is 1.58. The number of para-hydroxylation sites is 1. The van der Waals surface area contributed by atoms with E-state index in [1.165, 1.54) is 6.42 Å². The second-order valence-corrected chi connectivity index (χ2v) is 13.0. The monoisotopic (exact) mass is 636 g/mol. The molecule has 3 N–H and O–H groups in total. The summed E-state index contributed by atoms with van der Waals surface area (Å²) in [6, 6.07) is 13.3. The molecule has 2 aromatic rings. The Morgan fingerprint density at radius 3 is 2.39 bits per heavy atom. The van der Waals surface area contributed by atoms with Gasteiger partial charge in [0.25, 0.3) is 5.91 Å². The molecule has 0 spiro atoms. The highest BCUT2D eigenvalue weighted by Gasteiger charge is 2.32. The number of amides is 4. The fraction of sp³-hybridized carbons (Fsp3) is 0.583. The van der Waals surface area contributed by atoms with E-state index in [1.807, 2.05) is 44.0 Å². The molecule has 1 aliphatic heterocycles. The number of ether oxygens (including phenoxy) is 2. The zero-order valence-electron chi connectivity index (χ0n) is 27.9. The third-order valence-electron chi connectivity index (χ3n) is 9.13. The van der Waals surface area contributed by atoms with Crippen molar-refractivity contribution in [3.8, 4) is 5.75 Å². The summed E-state index contributed by atoms with van der Waals surface area (Å²) < 4.78 is 12.7. The quantitative estimate of drug-likeness (QED) is 0.335. The van der Waals surface area contributed by atoms with Crippen LogP contribution in [0.3, 0.4) is 0 Å². The average molecular weight is 637 g/mol. The van der Waals surface area contributed by atoms with Gasteiger partial charge >= 0.3 is 6.03 Å². The number of aliphatic hydroxyl groups excluding tert-OH is 1. The van der Waals surface area contributed by atoms with Crippen LogP contribution >= 0.6 is 0 Å². The first kappa shape index (κ1) is 35.2. The van der Waals surface area contributed by atoms with E-state index in [0.29, 0.717) is 42.4 Å². The number of nitrogens with zero attached hydrogens (tertiary/aromatic N) is 2. The maximum atomic E-state index is 14.3. The van der Waals surface area contributed by atoms with Crippen LogP contribution < -0.4 is 15.4 Å². The SMILES string of the molecule is C[C@H](CO)N1C[C@H](C)[C@@H](CN(C)C(=O)C2CCCCC2)OCCCC[C@H](C)Oc2ccc(NC(=O)Nc3ccccc3)cc2C1=O. The van der Waals surface area contributed by atoms with Crippen LogP contribution in [0.5, 0.6) is 5.75 Å². The average Bonchev–Trinajstić information content (AvgIpc) is 3.06. The fourth-order valence-corrected chi connectivity index (χ4v) is 6.30. The number of fused-ring (bicyclic) bond motifs is 1. The van der Waals surface area contributed by atoms with Gasteiger partial charge in [-0.1, -0.05) is 44.4 Å². The molecule has 4 rings (SSSR count). The van der Waals surface area contributed by atoms with Crippen LogP contribution in [0, 0.1) is 11.8 Å². The number of hydrogen-bond acceptors (Lipinski definition) is 6. The third kappa shape index (κ3) is 9.93. The second-order valence-electron chi connectivity index (χ2n) is 13.0. The molecule has 0 radical (unpaired) electrons. The van der Waals surface area contributed by atoms with E-state index in [2.05, 4.69) is 10.6 Å². The van der Waals surface area contributed by atoms with Crippen molar-refractivity contribution in [1.82, 2.24) is 9.80 Å². The molecule has 1 fully saturated rings. The van der Waals surface area contributed by atoms with Gasteiger partial charge in [0.2, 0.25) is 5.91 Å². The van der Waals surface area contributed by atoms with E-state index in [4.69, 9.17) is 9.47 Å². The fourth-order valence-electron chi connectivity index (χ4n) is 6.30. The summed E-state index contributed by atoms with van der Waals surface area (Å²) in [6.07, 6.45) is 7.30. The predicted molar refractivity (Wildman–Crippen MR) is 180 cm³/mol. The number of carbonyl (C=O) groups is 3. The third-order valence-corrected chi connectivity index (χ3v) is 9.13. The van der Waals surface area contributed by atoms with Crippen LogP contribution in [0.1, 0.15) is 82.5 Å². The lowest BCUT2D eigenvalue weighted by atomic mass is 9.88. The van der Waals surface area contributed by atoms with E-state index in [-0.39, 0.29) is 42.5 Å². The molecule has 1 heterocycles. The van der Waals surface area contributed by atoms with Crippen LogP contribution in [0.4, 0.5) is 16.2 Å². The van der Waals surface area contributed by atoms with Crippen LogP contribution in [0.2, 0.25) is 0 Å². The second kappa shape index (κ2) is 17.3. The predicted octanol–water partition coefficient (Wildman–Crippen LogP) is 6.16. The normalized spacial score (nSPS) is 22.5. The van der Waals surface area contributed by atoms with Crippen LogP contribution in [-0.2, 0) is 9.53 Å². The summed E-state index contributed by atoms with van der Waals surface area (Å²) in [7, 11) is 1.86. The highest BCUT2D eigenvalue weighted by Crippen LogP contribution is 2.29. The van der Waals surface area contributed by atoms with Gasteiger partial charge in [-0.2, -0.15) is 0 Å². The number of benzene rings is 2. The molecule has 0 aromatic heterocycles. The molecule has 1 aliphatic carbocycles. The maximum absolute atomic E-state index is 14.3. The Labute approximate surface area is 273 Å². The first-order valence-electron chi connectivity index (χ1n) is 16.9. The number of anilines is 2. The molecule has 2 aliphatic rings. The van der Waals surface area contributed by atoms with Crippen molar-refractivity contribution >= 4 is 29.2 Å². The summed E-state index contributed by atoms with van der Waals surface area (Å²) in [5.74, 6) is 0.212. The topological polar surface area (TPSA) is 120 Å². The maximum Gasteiger partial charge on any atom is 0.323 e. The van der Waals surface area contributed by atoms with Gasteiger partial charge in [0.05, 0.1) is 30.4 Å². The molecular formula is C36H52N4O6. The molecule has 252 valence electrons. The highest BCUT2D eigenvalue weighted by molar-refractivity contribution is 6.02. The van der Waals surface area contributed by atoms with Crippen molar-refractivity contribution in [1.29, 1.82) is 0 Å². The lowest BCUT2D eigenvalue weighted by Crippen LogP contribution is -2.48. The van der Waals surface area contributed by atoms with Crippen molar-refractivity contribution in [2.75, 3.05) is 44.0 Å². The highest BCUT2D eigenvalue weighted by atomic mass is 16.5. The number of carbonyl (C=O) groups excluding carboxylic acids is 3. The molecule has 10 heteroatoms. The van der Waals surface area contributed by atoms with Gasteiger partial charge < -0.3 is 35.0 Å². The van der Waals surface area contributed by atoms with Gasteiger partial charge in [-0.15, -0.1) is 0 Å². The van der Waals surface area contributed by atoms with Gasteiger partial charge in [-0.3, -0.25) is 9.59 Å². The van der Waals surface area contributed by atoms with E-state index in [1.54, 1.807) is 42.2 Å². The van der Waals surface area contributed by atoms with Gasteiger partial charge in [-0.25, -0.2) is 4.79 Å². The summed E-state index contributed by atoms with van der Waals surface area (Å²) in [5, 5.41) is 15.8. The van der Waals surface area contributed by atoms with Gasteiger partial charge in [0.1, 0.15) is 5.75 Å². The number of aliphatic hydroxyl groups is 1. The van der Waals surface area contributed by atoms with Gasteiger partial charge in [0.15, 0.2) is 0 Å². The molecular weight excluding hydrogens is 584 g/mol. The van der Waals surface area contributed by atoms with Crippen LogP contribution in [0.25, 0.3) is 0 Å². The molecule has 10 nitrogen and oxygen atoms in total. The largest absolute Gasteiger partial charge is 0.490 e. The van der Waals surface area contributed by atoms with Crippen molar-refractivity contribution < 1.29 is 29.0 Å². The lowest BCUT2D eigenvalue weighted by molar-refractivity contribution is -0.137. The van der Waals surface area contributed by atoms with Crippen LogP contribution in [-0.4, -0.2) is 84.4 Å². The number of nitrogens with one attached hydrogen (secondary N) is 2. The summed E-state index contributed by atoms with van der Waals surface area (Å²) in [4.78, 5) is 43.9. The number of rotatable bonds is 7. The summed E-state index contributed by atoms with van der Waals surface area (Å²) in [5.41, 5.74) is 1.38. The molecule has 0 unspecified atom stereocenters. The minimum Gasteiger partial charge on any atom is -0.490 e. The molecule has 0 saturated heterocycles. The van der Waals surface area contributed by atoms with E-state index in [9.17, 15) is 19.5 Å². The van der Waals surface area contributed by atoms with Gasteiger partial charge in [-0.05, 0) is 76.3 Å². The molecule has 1 saturated carbocycles. The molecule has 46 heavy (non-hydrogen) atoms. The van der Waals surface area contributed by atoms with Crippen molar-refractivity contribution in [2.45, 2.75) is 90.4 Å². The molecule has 4 atom stereocenters. The Morgan fingerprint density at radius 1 is 0.978 bits per heavy atom. The Kier molecular flexibility index (Phi) is 13.3. The van der Waals surface area contributed by atoms with E-state index in [0.717, 1.165) is 44.9 Å². The Hall–Kier alpha value is -3.63. The zero-order chi connectivity index (χ0) is 33.1. The standard InChI is InChI=1S/C36H52N4O6/c1-25-22-40(26(2)24-41)35(43)31-21-30(38-36(44)37-29-16-9-6-10-17-29)18-19-32(31)46-27(3)13-11-12-20-45-33(25)23-39(4)34(42)28-14-7-5-8-15-28/h6,9-10,16-19,21,25-28,33,41H,5,7-8,11-15,20,22-24H2,1-4H3,(H2,37,38,44)/t25-,26+,27-,33+/m0/s1. The Morgan fingerprint density at radius 2 is 1.67 bits per heavy atom. The minimum absolute atomic E-state index is 0.0654. The number of hydrogen-bond donors (Lipinski definition) is 3. The van der Waals surface area contributed by atoms with Crippen molar-refractivity contribution in [3.63, 3.8) is 0 Å². The van der Waals surface area contributed by atoms with Gasteiger partial charge in [0, 0.05) is 50.0 Å². The van der Waals surface area contributed by atoms with Crippen molar-refractivity contribution in [3.05, 3.63) is 54.1 Å². The number of likely N-dealkylation sites (N-methyl/N-ethyl adjacent to an activating group) is 1. The zero-order valence-corrected chi connectivity index (χ0v) is 27.9. The first-order valence-corrected chi connectivity index (χ1v) is 16.9. The van der Waals surface area contributed by atoms with Crippen LogP contribution in [0.15, 0.2) is 48.5 Å². The molecule has 4 amide bonds. The Bertz CT molecular complexity index is 1280. The number of urea groups is 1. The van der Waals surface area contributed by atoms with E-state index >= 15 is 0 Å². The molecule has 2 aromatic carbocycles. The van der Waals surface area contributed by atoms with Crippen molar-refractivity contribution in [2.24, 2.45) is 11.8 Å². The first-order chi connectivity index (χ1) is 22.2. The summed E-state index contributed by atoms with van der Waals surface area (Å²) in [6.45, 7) is 6.88.